The lowest BCUT2D eigenvalue weighted by Crippen LogP contribution is -2.30. The van der Waals surface area contributed by atoms with E-state index in [2.05, 4.69) is 57.2 Å². The molecule has 374 valence electrons. The molecule has 0 aromatic heterocycles. The lowest BCUT2D eigenvalue weighted by molar-refractivity contribution is -0.167. The SMILES string of the molecule is CCCCCCC/C=C\C/C=C\C/C=C\CCCCCCCCCCC(=O)OCC(COC(=O)CCCCCCCCCC)OC(=O)CCCCCCCCCCCCCCCCC. The molecule has 0 aliphatic rings. The standard InChI is InChI=1S/C58H106O6/c1-4-7-10-13-16-19-21-23-25-26-27-28-29-30-31-32-34-35-37-39-42-45-48-51-57(60)63-54-55(53-62-56(59)50-47-44-41-18-15-12-9-6-3)64-58(61)52-49-46-43-40-38-36-33-24-22-20-17-14-11-8-5-2/h21,23,26-27,29-30,55H,4-20,22,24-25,28,31-54H2,1-3H3/b23-21-,27-26-,30-29-. The summed E-state index contributed by atoms with van der Waals surface area (Å²) in [5.74, 6) is -0.868. The molecule has 0 aliphatic carbocycles. The number of hydrogen-bond acceptors (Lipinski definition) is 6. The third-order valence-electron chi connectivity index (χ3n) is 12.4. The van der Waals surface area contributed by atoms with E-state index in [9.17, 15) is 14.4 Å². The van der Waals surface area contributed by atoms with Crippen LogP contribution in [0.25, 0.3) is 0 Å². The zero-order valence-corrected chi connectivity index (χ0v) is 42.8. The van der Waals surface area contributed by atoms with Crippen LogP contribution < -0.4 is 0 Å². The molecule has 0 heterocycles. The molecular formula is C58H106O6. The molecule has 0 fully saturated rings. The van der Waals surface area contributed by atoms with E-state index in [0.29, 0.717) is 19.3 Å². The highest BCUT2D eigenvalue weighted by Crippen LogP contribution is 2.16. The van der Waals surface area contributed by atoms with Gasteiger partial charge in [-0.1, -0.05) is 256 Å². The van der Waals surface area contributed by atoms with Crippen molar-refractivity contribution in [1.29, 1.82) is 0 Å². The van der Waals surface area contributed by atoms with Gasteiger partial charge in [-0.25, -0.2) is 0 Å². The Balaban J connectivity index is 4.21. The van der Waals surface area contributed by atoms with Gasteiger partial charge in [0.05, 0.1) is 0 Å². The van der Waals surface area contributed by atoms with Gasteiger partial charge in [-0.05, 0) is 57.8 Å². The van der Waals surface area contributed by atoms with Crippen LogP contribution in [-0.2, 0) is 28.6 Å². The molecule has 0 saturated carbocycles. The summed E-state index contributed by atoms with van der Waals surface area (Å²) in [4.78, 5) is 37.9. The highest BCUT2D eigenvalue weighted by atomic mass is 16.6. The van der Waals surface area contributed by atoms with Gasteiger partial charge >= 0.3 is 17.9 Å². The van der Waals surface area contributed by atoms with Crippen molar-refractivity contribution in [1.82, 2.24) is 0 Å². The first-order valence-electron chi connectivity index (χ1n) is 28.0. The second-order valence-corrected chi connectivity index (χ2v) is 18.9. The zero-order valence-electron chi connectivity index (χ0n) is 42.8. The van der Waals surface area contributed by atoms with Crippen molar-refractivity contribution in [2.45, 2.75) is 303 Å². The van der Waals surface area contributed by atoms with Crippen LogP contribution in [0.15, 0.2) is 36.5 Å². The minimum atomic E-state index is -0.769. The van der Waals surface area contributed by atoms with Crippen molar-refractivity contribution in [2.24, 2.45) is 0 Å². The number of carbonyl (C=O) groups excluding carboxylic acids is 3. The summed E-state index contributed by atoms with van der Waals surface area (Å²) >= 11 is 0. The van der Waals surface area contributed by atoms with Crippen molar-refractivity contribution in [2.75, 3.05) is 13.2 Å². The topological polar surface area (TPSA) is 78.9 Å². The number of hydrogen-bond donors (Lipinski definition) is 0. The molecule has 0 amide bonds. The molecule has 1 atom stereocenters. The summed E-state index contributed by atoms with van der Waals surface area (Å²) in [5, 5.41) is 0. The minimum Gasteiger partial charge on any atom is -0.462 e. The molecule has 6 heteroatoms. The Labute approximate surface area is 397 Å². The summed E-state index contributed by atoms with van der Waals surface area (Å²) in [7, 11) is 0. The van der Waals surface area contributed by atoms with Gasteiger partial charge in [-0.15, -0.1) is 0 Å². The van der Waals surface area contributed by atoms with E-state index >= 15 is 0 Å². The highest BCUT2D eigenvalue weighted by molar-refractivity contribution is 5.71. The van der Waals surface area contributed by atoms with Gasteiger partial charge in [0.15, 0.2) is 6.10 Å². The molecule has 0 N–H and O–H groups in total. The fourth-order valence-electron chi connectivity index (χ4n) is 8.16. The lowest BCUT2D eigenvalue weighted by atomic mass is 10.0. The Bertz CT molecular complexity index is 1080. The predicted octanol–water partition coefficient (Wildman–Crippen LogP) is 18.5. The van der Waals surface area contributed by atoms with Gasteiger partial charge in [-0.2, -0.15) is 0 Å². The normalized spacial score (nSPS) is 12.2. The molecular weight excluding hydrogens is 793 g/mol. The summed E-state index contributed by atoms with van der Waals surface area (Å²) in [6, 6.07) is 0. The first kappa shape index (κ1) is 61.6. The average molecular weight is 899 g/mol. The summed E-state index contributed by atoms with van der Waals surface area (Å²) in [5.41, 5.74) is 0. The first-order chi connectivity index (χ1) is 31.5. The number of esters is 3. The van der Waals surface area contributed by atoms with Crippen LogP contribution in [0.2, 0.25) is 0 Å². The molecule has 0 bridgehead atoms. The van der Waals surface area contributed by atoms with Crippen molar-refractivity contribution in [3.63, 3.8) is 0 Å². The Morgan fingerprint density at radius 2 is 0.562 bits per heavy atom. The average Bonchev–Trinajstić information content (AvgIpc) is 3.29. The van der Waals surface area contributed by atoms with E-state index in [1.165, 1.54) is 180 Å². The molecule has 0 radical (unpaired) electrons. The Hall–Kier alpha value is -2.37. The molecule has 0 rings (SSSR count). The number of unbranched alkanes of at least 4 members (excludes halogenated alkanes) is 34. The van der Waals surface area contributed by atoms with Crippen LogP contribution in [-0.4, -0.2) is 37.2 Å². The first-order valence-corrected chi connectivity index (χ1v) is 28.0. The van der Waals surface area contributed by atoms with E-state index in [1.807, 2.05) is 0 Å². The Morgan fingerprint density at radius 3 is 0.875 bits per heavy atom. The summed E-state index contributed by atoms with van der Waals surface area (Å²) < 4.78 is 16.8. The smallest absolute Gasteiger partial charge is 0.306 e. The monoisotopic (exact) mass is 899 g/mol. The molecule has 1 unspecified atom stereocenters. The lowest BCUT2D eigenvalue weighted by Gasteiger charge is -2.18. The van der Waals surface area contributed by atoms with Gasteiger partial charge in [0.1, 0.15) is 13.2 Å². The quantitative estimate of drug-likeness (QED) is 0.0262. The van der Waals surface area contributed by atoms with Crippen LogP contribution >= 0.6 is 0 Å². The van der Waals surface area contributed by atoms with Gasteiger partial charge in [0.2, 0.25) is 0 Å². The summed E-state index contributed by atoms with van der Waals surface area (Å²) in [6.45, 7) is 6.62. The van der Waals surface area contributed by atoms with Crippen LogP contribution in [0, 0.1) is 0 Å². The molecule has 0 aromatic carbocycles. The van der Waals surface area contributed by atoms with Crippen molar-refractivity contribution < 1.29 is 28.6 Å². The Kier molecular flexibility index (Phi) is 51.3. The minimum absolute atomic E-state index is 0.0706. The predicted molar refractivity (Wildman–Crippen MR) is 275 cm³/mol. The number of rotatable bonds is 51. The van der Waals surface area contributed by atoms with E-state index in [4.69, 9.17) is 14.2 Å². The fourth-order valence-corrected chi connectivity index (χ4v) is 8.16. The van der Waals surface area contributed by atoms with Crippen LogP contribution in [0.5, 0.6) is 0 Å². The van der Waals surface area contributed by atoms with Gasteiger partial charge in [0.25, 0.3) is 0 Å². The highest BCUT2D eigenvalue weighted by Gasteiger charge is 2.19. The second kappa shape index (κ2) is 53.2. The molecule has 0 saturated heterocycles. The van der Waals surface area contributed by atoms with Crippen molar-refractivity contribution in [3.8, 4) is 0 Å². The van der Waals surface area contributed by atoms with E-state index in [1.54, 1.807) is 0 Å². The molecule has 6 nitrogen and oxygen atoms in total. The maximum Gasteiger partial charge on any atom is 0.306 e. The largest absolute Gasteiger partial charge is 0.462 e. The zero-order chi connectivity index (χ0) is 46.5. The van der Waals surface area contributed by atoms with E-state index in [0.717, 1.165) is 77.0 Å². The Morgan fingerprint density at radius 1 is 0.312 bits per heavy atom. The van der Waals surface area contributed by atoms with Gasteiger partial charge in [0, 0.05) is 19.3 Å². The van der Waals surface area contributed by atoms with Crippen molar-refractivity contribution >= 4 is 17.9 Å². The third kappa shape index (κ3) is 50.6. The summed E-state index contributed by atoms with van der Waals surface area (Å²) in [6.07, 6.45) is 62.9. The van der Waals surface area contributed by atoms with Crippen molar-refractivity contribution in [3.05, 3.63) is 36.5 Å². The third-order valence-corrected chi connectivity index (χ3v) is 12.4. The van der Waals surface area contributed by atoms with Crippen LogP contribution in [0.1, 0.15) is 297 Å². The van der Waals surface area contributed by atoms with Crippen LogP contribution in [0.3, 0.4) is 0 Å². The number of allylic oxidation sites excluding steroid dienone is 6. The van der Waals surface area contributed by atoms with E-state index in [-0.39, 0.29) is 31.1 Å². The number of ether oxygens (including phenoxy) is 3. The maximum absolute atomic E-state index is 12.8. The van der Waals surface area contributed by atoms with Gasteiger partial charge < -0.3 is 14.2 Å². The molecule has 0 aliphatic heterocycles. The number of carbonyl (C=O) groups is 3. The molecule has 0 aromatic rings. The van der Waals surface area contributed by atoms with Gasteiger partial charge in [-0.3, -0.25) is 14.4 Å². The second-order valence-electron chi connectivity index (χ2n) is 18.9. The molecule has 0 spiro atoms. The fraction of sp³-hybridized carbons (Fsp3) is 0.845. The maximum atomic E-state index is 12.8. The molecule has 64 heavy (non-hydrogen) atoms. The van der Waals surface area contributed by atoms with E-state index < -0.39 is 6.10 Å². The van der Waals surface area contributed by atoms with Crippen LogP contribution in [0.4, 0.5) is 0 Å².